The third-order valence-corrected chi connectivity index (χ3v) is 3.73. The molecule has 0 radical (unpaired) electrons. The van der Waals surface area contributed by atoms with E-state index >= 15 is 0 Å². The van der Waals surface area contributed by atoms with Gasteiger partial charge < -0.3 is 0 Å². The fourth-order valence-corrected chi connectivity index (χ4v) is 2.56. The SMILES string of the molecule is CC/C=C/CC[C@@]1(C)CCC(C)(C)C1=O. The molecule has 1 aliphatic rings. The van der Waals surface area contributed by atoms with Gasteiger partial charge in [-0.05, 0) is 32.1 Å². The summed E-state index contributed by atoms with van der Waals surface area (Å²) in [6, 6.07) is 0. The second kappa shape index (κ2) is 4.51. The molecule has 0 N–H and O–H groups in total. The lowest BCUT2D eigenvalue weighted by Crippen LogP contribution is -2.29. The fraction of sp³-hybridized carbons (Fsp3) is 0.786. The van der Waals surface area contributed by atoms with Crippen molar-refractivity contribution in [2.24, 2.45) is 10.8 Å². The van der Waals surface area contributed by atoms with Crippen molar-refractivity contribution in [3.8, 4) is 0 Å². The van der Waals surface area contributed by atoms with Gasteiger partial charge >= 0.3 is 0 Å². The maximum absolute atomic E-state index is 12.2. The highest BCUT2D eigenvalue weighted by Crippen LogP contribution is 2.47. The normalized spacial score (nSPS) is 30.3. The molecule has 1 fully saturated rings. The molecule has 86 valence electrons. The number of allylic oxidation sites excluding steroid dienone is 2. The Bertz CT molecular complexity index is 263. The molecule has 1 saturated carbocycles. The summed E-state index contributed by atoms with van der Waals surface area (Å²) >= 11 is 0. The first-order chi connectivity index (χ1) is 6.92. The number of carbonyl (C=O) groups excluding carboxylic acids is 1. The van der Waals surface area contributed by atoms with Crippen LogP contribution >= 0.6 is 0 Å². The van der Waals surface area contributed by atoms with Crippen molar-refractivity contribution in [1.82, 2.24) is 0 Å². The first kappa shape index (κ1) is 12.5. The average molecular weight is 208 g/mol. The van der Waals surface area contributed by atoms with Gasteiger partial charge in [-0.3, -0.25) is 4.79 Å². The highest BCUT2D eigenvalue weighted by atomic mass is 16.1. The summed E-state index contributed by atoms with van der Waals surface area (Å²) < 4.78 is 0. The maximum atomic E-state index is 12.2. The summed E-state index contributed by atoms with van der Waals surface area (Å²) in [4.78, 5) is 12.2. The maximum Gasteiger partial charge on any atom is 0.144 e. The van der Waals surface area contributed by atoms with E-state index in [1.165, 1.54) is 0 Å². The Morgan fingerprint density at radius 3 is 2.33 bits per heavy atom. The van der Waals surface area contributed by atoms with Gasteiger partial charge in [0.25, 0.3) is 0 Å². The van der Waals surface area contributed by atoms with Crippen molar-refractivity contribution < 1.29 is 4.79 Å². The zero-order chi connectivity index (χ0) is 11.5. The van der Waals surface area contributed by atoms with Crippen molar-refractivity contribution >= 4 is 5.78 Å². The molecular formula is C14H24O. The lowest BCUT2D eigenvalue weighted by atomic mass is 9.78. The van der Waals surface area contributed by atoms with Crippen LogP contribution in [-0.2, 0) is 4.79 Å². The van der Waals surface area contributed by atoms with E-state index in [0.717, 1.165) is 32.1 Å². The Balaban J connectivity index is 2.54. The van der Waals surface area contributed by atoms with Crippen LogP contribution in [0.25, 0.3) is 0 Å². The summed E-state index contributed by atoms with van der Waals surface area (Å²) in [6.45, 7) is 8.46. The Morgan fingerprint density at radius 1 is 1.20 bits per heavy atom. The van der Waals surface area contributed by atoms with Gasteiger partial charge in [-0.15, -0.1) is 0 Å². The Hall–Kier alpha value is -0.590. The van der Waals surface area contributed by atoms with Crippen LogP contribution in [0, 0.1) is 10.8 Å². The zero-order valence-electron chi connectivity index (χ0n) is 10.6. The molecule has 0 aliphatic heterocycles. The number of ketones is 1. The molecule has 0 aromatic carbocycles. The van der Waals surface area contributed by atoms with Crippen molar-refractivity contribution in [3.63, 3.8) is 0 Å². The molecule has 0 amide bonds. The molecule has 0 heterocycles. The van der Waals surface area contributed by atoms with Crippen LogP contribution in [-0.4, -0.2) is 5.78 Å². The van der Waals surface area contributed by atoms with Gasteiger partial charge in [0.2, 0.25) is 0 Å². The van der Waals surface area contributed by atoms with E-state index in [4.69, 9.17) is 0 Å². The van der Waals surface area contributed by atoms with Crippen LogP contribution in [0.1, 0.15) is 59.8 Å². The van der Waals surface area contributed by atoms with E-state index in [2.05, 4.69) is 39.8 Å². The largest absolute Gasteiger partial charge is 0.298 e. The quantitative estimate of drug-likeness (QED) is 0.635. The monoisotopic (exact) mass is 208 g/mol. The molecule has 0 bridgehead atoms. The van der Waals surface area contributed by atoms with Crippen molar-refractivity contribution in [2.45, 2.75) is 59.8 Å². The van der Waals surface area contributed by atoms with Crippen molar-refractivity contribution in [2.75, 3.05) is 0 Å². The smallest absolute Gasteiger partial charge is 0.144 e. The van der Waals surface area contributed by atoms with E-state index in [-0.39, 0.29) is 10.8 Å². The van der Waals surface area contributed by atoms with Crippen LogP contribution in [0.5, 0.6) is 0 Å². The predicted molar refractivity (Wildman–Crippen MR) is 64.8 cm³/mol. The molecule has 1 nitrogen and oxygen atoms in total. The molecule has 1 rings (SSSR count). The molecular weight excluding hydrogens is 184 g/mol. The van der Waals surface area contributed by atoms with Gasteiger partial charge in [0.1, 0.15) is 5.78 Å². The van der Waals surface area contributed by atoms with Gasteiger partial charge in [0, 0.05) is 10.8 Å². The third-order valence-electron chi connectivity index (χ3n) is 3.73. The Kier molecular flexibility index (Phi) is 3.75. The lowest BCUT2D eigenvalue weighted by Gasteiger charge is -2.24. The molecule has 1 atom stereocenters. The summed E-state index contributed by atoms with van der Waals surface area (Å²) in [5, 5.41) is 0. The second-order valence-electron chi connectivity index (χ2n) is 5.69. The standard InChI is InChI=1S/C14H24O/c1-5-6-7-8-9-14(4)11-10-13(2,3)12(14)15/h6-7H,5,8-11H2,1-4H3/b7-6+/t14-/m0/s1. The minimum atomic E-state index is -0.0801. The third kappa shape index (κ3) is 2.70. The number of rotatable bonds is 4. The lowest BCUT2D eigenvalue weighted by molar-refractivity contribution is -0.132. The number of hydrogen-bond donors (Lipinski definition) is 0. The molecule has 0 spiro atoms. The molecule has 15 heavy (non-hydrogen) atoms. The van der Waals surface area contributed by atoms with Crippen LogP contribution in [0.3, 0.4) is 0 Å². The molecule has 1 aliphatic carbocycles. The van der Waals surface area contributed by atoms with Crippen LogP contribution < -0.4 is 0 Å². The van der Waals surface area contributed by atoms with E-state index in [1.807, 2.05) is 0 Å². The minimum absolute atomic E-state index is 0.0540. The van der Waals surface area contributed by atoms with Crippen LogP contribution in [0.15, 0.2) is 12.2 Å². The van der Waals surface area contributed by atoms with Gasteiger partial charge in [0.05, 0.1) is 0 Å². The average Bonchev–Trinajstić information content (AvgIpc) is 2.39. The number of hydrogen-bond acceptors (Lipinski definition) is 1. The second-order valence-corrected chi connectivity index (χ2v) is 5.69. The van der Waals surface area contributed by atoms with Gasteiger partial charge in [0.15, 0.2) is 0 Å². The van der Waals surface area contributed by atoms with E-state index in [0.29, 0.717) is 5.78 Å². The van der Waals surface area contributed by atoms with Gasteiger partial charge in [-0.25, -0.2) is 0 Å². The van der Waals surface area contributed by atoms with Gasteiger partial charge in [-0.1, -0.05) is 39.8 Å². The topological polar surface area (TPSA) is 17.1 Å². The predicted octanol–water partition coefficient (Wildman–Crippen LogP) is 4.13. The van der Waals surface area contributed by atoms with Crippen LogP contribution in [0.4, 0.5) is 0 Å². The highest BCUT2D eigenvalue weighted by molar-refractivity contribution is 5.91. The van der Waals surface area contributed by atoms with Crippen LogP contribution in [0.2, 0.25) is 0 Å². The van der Waals surface area contributed by atoms with Gasteiger partial charge in [-0.2, -0.15) is 0 Å². The van der Waals surface area contributed by atoms with E-state index in [9.17, 15) is 4.79 Å². The molecule has 0 saturated heterocycles. The van der Waals surface area contributed by atoms with E-state index in [1.54, 1.807) is 0 Å². The Labute approximate surface area is 93.9 Å². The molecule has 1 heteroatoms. The van der Waals surface area contributed by atoms with Crippen molar-refractivity contribution in [1.29, 1.82) is 0 Å². The molecule has 0 unspecified atom stereocenters. The summed E-state index contributed by atoms with van der Waals surface area (Å²) in [6.07, 6.45) is 9.69. The molecule has 0 aromatic rings. The number of Topliss-reactive ketones (excluding diaryl/α,β-unsaturated/α-hetero) is 1. The first-order valence-electron chi connectivity index (χ1n) is 6.12. The summed E-state index contributed by atoms with van der Waals surface area (Å²) in [5.74, 6) is 0.472. The van der Waals surface area contributed by atoms with Crippen molar-refractivity contribution in [3.05, 3.63) is 12.2 Å². The van der Waals surface area contributed by atoms with E-state index < -0.39 is 0 Å². The number of carbonyl (C=O) groups is 1. The first-order valence-corrected chi connectivity index (χ1v) is 6.12. The molecule has 0 aromatic heterocycles. The summed E-state index contributed by atoms with van der Waals surface area (Å²) in [5.41, 5.74) is -0.134. The fourth-order valence-electron chi connectivity index (χ4n) is 2.56. The zero-order valence-corrected chi connectivity index (χ0v) is 10.6. The Morgan fingerprint density at radius 2 is 1.87 bits per heavy atom. The summed E-state index contributed by atoms with van der Waals surface area (Å²) in [7, 11) is 0. The highest BCUT2D eigenvalue weighted by Gasteiger charge is 2.47. The minimum Gasteiger partial charge on any atom is -0.298 e.